The zero-order valence-corrected chi connectivity index (χ0v) is 53.5. The molecular formula is C76H126O6. The Labute approximate surface area is 506 Å². The van der Waals surface area contributed by atoms with E-state index in [1.165, 1.54) is 148 Å². The lowest BCUT2D eigenvalue weighted by molar-refractivity contribution is -0.167. The summed E-state index contributed by atoms with van der Waals surface area (Å²) in [5, 5.41) is 0. The molecule has 0 aliphatic heterocycles. The van der Waals surface area contributed by atoms with Crippen molar-refractivity contribution in [3.63, 3.8) is 0 Å². The van der Waals surface area contributed by atoms with Crippen molar-refractivity contribution >= 4 is 17.9 Å². The summed E-state index contributed by atoms with van der Waals surface area (Å²) in [4.78, 5) is 38.4. The van der Waals surface area contributed by atoms with Crippen molar-refractivity contribution in [2.24, 2.45) is 0 Å². The highest BCUT2D eigenvalue weighted by atomic mass is 16.6. The average Bonchev–Trinajstić information content (AvgIpc) is 3.47. The van der Waals surface area contributed by atoms with Crippen molar-refractivity contribution in [1.29, 1.82) is 0 Å². The molecular weight excluding hydrogens is 1010 g/mol. The van der Waals surface area contributed by atoms with Crippen LogP contribution in [0.2, 0.25) is 0 Å². The number of esters is 3. The second kappa shape index (κ2) is 69.0. The maximum Gasteiger partial charge on any atom is 0.306 e. The molecule has 1 unspecified atom stereocenters. The minimum atomic E-state index is -0.830. The number of hydrogen-bond donors (Lipinski definition) is 0. The van der Waals surface area contributed by atoms with Gasteiger partial charge in [-0.3, -0.25) is 14.4 Å². The first kappa shape index (κ1) is 77.5. The second-order valence-corrected chi connectivity index (χ2v) is 22.3. The Morgan fingerprint density at radius 1 is 0.256 bits per heavy atom. The Morgan fingerprint density at radius 2 is 0.488 bits per heavy atom. The Hall–Kier alpha value is -4.45. The van der Waals surface area contributed by atoms with Gasteiger partial charge in [0, 0.05) is 19.3 Å². The number of ether oxygens (including phenoxy) is 3. The average molecular weight is 1140 g/mol. The standard InChI is InChI=1S/C76H126O6/c1-4-7-10-13-16-19-22-25-28-31-33-35-36-37-38-39-41-42-45-48-51-54-57-60-63-66-69-75(78)81-72-73(71-80-74(77)68-65-62-59-56-53-50-47-44-30-27-24-21-18-15-12-9-6-3)82-76(79)70-67-64-61-58-55-52-49-46-43-40-34-32-29-26-23-20-17-14-11-8-5-2/h8-9,11-12,17-18,20-21,26-27,29-30,34,40,46-47,49-50,55-56,58-59,73H,4-7,10,13-16,19,22-25,28,31-33,35-39,41-45,48,51-54,57,60-72H2,1-3H3/b11-8-,12-9-,20-17-,21-18-,29-26-,30-27-,40-34-,49-46-,50-47-,58-55-,59-56-. The molecule has 0 bridgehead atoms. The summed E-state index contributed by atoms with van der Waals surface area (Å²) in [6, 6.07) is 0. The van der Waals surface area contributed by atoms with Crippen LogP contribution in [-0.4, -0.2) is 37.2 Å². The number of carbonyl (C=O) groups excluding carboxylic acids is 3. The van der Waals surface area contributed by atoms with Crippen LogP contribution in [0.4, 0.5) is 0 Å². The fourth-order valence-corrected chi connectivity index (χ4v) is 9.37. The number of rotatable bonds is 61. The summed E-state index contributed by atoms with van der Waals surface area (Å²) in [7, 11) is 0. The molecule has 0 aromatic carbocycles. The molecule has 82 heavy (non-hydrogen) atoms. The molecule has 0 rings (SSSR count). The third kappa shape index (κ3) is 66.4. The van der Waals surface area contributed by atoms with E-state index in [1.54, 1.807) is 0 Å². The predicted molar refractivity (Wildman–Crippen MR) is 357 cm³/mol. The van der Waals surface area contributed by atoms with E-state index in [0.717, 1.165) is 109 Å². The van der Waals surface area contributed by atoms with E-state index in [-0.39, 0.29) is 44.0 Å². The Balaban J connectivity index is 4.45. The third-order valence-corrected chi connectivity index (χ3v) is 14.4. The van der Waals surface area contributed by atoms with Crippen molar-refractivity contribution in [2.75, 3.05) is 13.2 Å². The van der Waals surface area contributed by atoms with E-state index in [4.69, 9.17) is 14.2 Å². The van der Waals surface area contributed by atoms with E-state index in [0.29, 0.717) is 19.3 Å². The Bertz CT molecular complexity index is 1730. The largest absolute Gasteiger partial charge is 0.462 e. The highest BCUT2D eigenvalue weighted by Gasteiger charge is 2.19. The molecule has 0 fully saturated rings. The van der Waals surface area contributed by atoms with Gasteiger partial charge in [0.05, 0.1) is 0 Å². The lowest BCUT2D eigenvalue weighted by atomic mass is 10.0. The lowest BCUT2D eigenvalue weighted by Gasteiger charge is -2.18. The van der Waals surface area contributed by atoms with Crippen LogP contribution in [0.1, 0.15) is 310 Å². The molecule has 0 saturated heterocycles. The molecule has 0 spiro atoms. The topological polar surface area (TPSA) is 78.9 Å². The van der Waals surface area contributed by atoms with Gasteiger partial charge in [0.1, 0.15) is 13.2 Å². The fraction of sp³-hybridized carbons (Fsp3) is 0.671. The smallest absolute Gasteiger partial charge is 0.306 e. The summed E-state index contributed by atoms with van der Waals surface area (Å²) in [5.74, 6) is -1.01. The number of allylic oxidation sites excluding steroid dienone is 22. The zero-order chi connectivity index (χ0) is 59.2. The molecule has 0 saturated carbocycles. The van der Waals surface area contributed by atoms with Gasteiger partial charge in [-0.15, -0.1) is 0 Å². The summed E-state index contributed by atoms with van der Waals surface area (Å²) in [6.45, 7) is 6.36. The molecule has 0 aromatic rings. The van der Waals surface area contributed by atoms with Gasteiger partial charge in [-0.1, -0.05) is 315 Å². The molecule has 0 amide bonds. The molecule has 6 heteroatoms. The minimum absolute atomic E-state index is 0.115. The van der Waals surface area contributed by atoms with Gasteiger partial charge < -0.3 is 14.2 Å². The molecule has 0 heterocycles. The van der Waals surface area contributed by atoms with Gasteiger partial charge in [0.2, 0.25) is 0 Å². The van der Waals surface area contributed by atoms with Gasteiger partial charge in [-0.25, -0.2) is 0 Å². The molecule has 466 valence electrons. The fourth-order valence-electron chi connectivity index (χ4n) is 9.37. The number of unbranched alkanes of at least 4 members (excludes halogenated alkanes) is 28. The van der Waals surface area contributed by atoms with Crippen molar-refractivity contribution in [3.05, 3.63) is 134 Å². The Morgan fingerprint density at radius 3 is 0.793 bits per heavy atom. The van der Waals surface area contributed by atoms with Crippen LogP contribution in [0.3, 0.4) is 0 Å². The van der Waals surface area contributed by atoms with Crippen molar-refractivity contribution in [3.8, 4) is 0 Å². The SMILES string of the molecule is CC/C=C\C/C=C\C/C=C\C/C=C\C/C=C\C/C=C\CCCCC(=O)OC(COC(=O)CCC/C=C\C/C=C\C/C=C\C/C=C\C/C=C\CC)COC(=O)CCCCCCCCCCCCCCCCCCCCCCCCCCCC. The van der Waals surface area contributed by atoms with Gasteiger partial charge >= 0.3 is 17.9 Å². The summed E-state index contributed by atoms with van der Waals surface area (Å²) >= 11 is 0. The highest BCUT2D eigenvalue weighted by molar-refractivity contribution is 5.71. The maximum atomic E-state index is 12.9. The quantitative estimate of drug-likeness (QED) is 0.0261. The highest BCUT2D eigenvalue weighted by Crippen LogP contribution is 2.17. The Kier molecular flexibility index (Phi) is 65.3. The van der Waals surface area contributed by atoms with E-state index >= 15 is 0 Å². The normalized spacial score (nSPS) is 13.0. The van der Waals surface area contributed by atoms with Crippen LogP contribution >= 0.6 is 0 Å². The van der Waals surface area contributed by atoms with E-state index in [1.807, 2.05) is 0 Å². The van der Waals surface area contributed by atoms with Crippen molar-refractivity contribution in [1.82, 2.24) is 0 Å². The van der Waals surface area contributed by atoms with Gasteiger partial charge in [-0.05, 0) is 109 Å². The van der Waals surface area contributed by atoms with Gasteiger partial charge in [-0.2, -0.15) is 0 Å². The molecule has 0 aliphatic rings. The van der Waals surface area contributed by atoms with Crippen LogP contribution in [0.5, 0.6) is 0 Å². The maximum absolute atomic E-state index is 12.9. The first-order chi connectivity index (χ1) is 40.5. The lowest BCUT2D eigenvalue weighted by Crippen LogP contribution is -2.30. The van der Waals surface area contributed by atoms with Crippen LogP contribution in [-0.2, 0) is 28.6 Å². The van der Waals surface area contributed by atoms with Crippen molar-refractivity contribution < 1.29 is 28.6 Å². The first-order valence-corrected chi connectivity index (χ1v) is 34.2. The first-order valence-electron chi connectivity index (χ1n) is 34.2. The second-order valence-electron chi connectivity index (χ2n) is 22.3. The number of carbonyl (C=O) groups is 3. The molecule has 0 N–H and O–H groups in total. The molecule has 0 radical (unpaired) electrons. The van der Waals surface area contributed by atoms with Crippen LogP contribution in [0.25, 0.3) is 0 Å². The van der Waals surface area contributed by atoms with Crippen LogP contribution in [0.15, 0.2) is 134 Å². The molecule has 0 aliphatic carbocycles. The van der Waals surface area contributed by atoms with Gasteiger partial charge in [0.15, 0.2) is 6.10 Å². The van der Waals surface area contributed by atoms with Crippen molar-refractivity contribution in [2.45, 2.75) is 316 Å². The molecule has 1 atom stereocenters. The van der Waals surface area contributed by atoms with Crippen LogP contribution in [0, 0.1) is 0 Å². The third-order valence-electron chi connectivity index (χ3n) is 14.4. The summed E-state index contributed by atoms with van der Waals surface area (Å²) in [5.41, 5.74) is 0. The molecule has 6 nitrogen and oxygen atoms in total. The van der Waals surface area contributed by atoms with Gasteiger partial charge in [0.25, 0.3) is 0 Å². The van der Waals surface area contributed by atoms with Crippen LogP contribution < -0.4 is 0 Å². The number of hydrogen-bond acceptors (Lipinski definition) is 6. The summed E-state index contributed by atoms with van der Waals surface area (Å²) in [6.07, 6.45) is 97.7. The van der Waals surface area contributed by atoms with E-state index < -0.39 is 6.10 Å². The molecule has 0 aromatic heterocycles. The summed E-state index contributed by atoms with van der Waals surface area (Å²) < 4.78 is 16.9. The van der Waals surface area contributed by atoms with E-state index in [2.05, 4.69) is 154 Å². The zero-order valence-electron chi connectivity index (χ0n) is 53.5. The minimum Gasteiger partial charge on any atom is -0.462 e. The predicted octanol–water partition coefficient (Wildman–Crippen LogP) is 23.7. The monoisotopic (exact) mass is 1130 g/mol. The van der Waals surface area contributed by atoms with E-state index in [9.17, 15) is 14.4 Å².